The van der Waals surface area contributed by atoms with Gasteiger partial charge in [-0.15, -0.1) is 0 Å². The summed E-state index contributed by atoms with van der Waals surface area (Å²) in [6.45, 7) is 18.1. The van der Waals surface area contributed by atoms with Crippen molar-refractivity contribution in [1.29, 1.82) is 0 Å². The van der Waals surface area contributed by atoms with Crippen molar-refractivity contribution in [1.82, 2.24) is 23.8 Å². The molecule has 3 saturated carbocycles. The van der Waals surface area contributed by atoms with Crippen molar-refractivity contribution in [2.75, 3.05) is 10.6 Å². The molecule has 12 nitrogen and oxygen atoms in total. The summed E-state index contributed by atoms with van der Waals surface area (Å²) in [5, 5.41) is 5.60. The first-order valence-electron chi connectivity index (χ1n) is 36.4. The largest absolute Gasteiger partial charge is 0.328 e. The van der Waals surface area contributed by atoms with E-state index in [0.29, 0.717) is 46.5 Å². The molecule has 510 valence electrons. The summed E-state index contributed by atoms with van der Waals surface area (Å²) in [5.74, 6) is 3.69. The zero-order chi connectivity index (χ0) is 68.6. The minimum atomic E-state index is -0.303. The molecule has 3 N–H and O–H groups in total. The molecule has 4 heterocycles. The Morgan fingerprint density at radius 1 is 0.474 bits per heavy atom. The molecule has 0 spiro atoms. The molecule has 9 aromatic rings. The van der Waals surface area contributed by atoms with Crippen molar-refractivity contribution in [3.63, 3.8) is 0 Å². The van der Waals surface area contributed by atoms with Crippen LogP contribution in [0.5, 0.6) is 0 Å². The monoisotopic (exact) mass is 1300 g/mol. The quantitative estimate of drug-likeness (QED) is 0.0401. The van der Waals surface area contributed by atoms with Gasteiger partial charge in [-0.3, -0.25) is 23.6 Å². The van der Waals surface area contributed by atoms with Gasteiger partial charge in [-0.2, -0.15) is 0 Å². The van der Waals surface area contributed by atoms with Crippen LogP contribution in [-0.4, -0.2) is 52.9 Å². The number of rotatable bonds is 24. The van der Waals surface area contributed by atoms with E-state index >= 15 is 0 Å². The third-order valence-corrected chi connectivity index (χ3v) is 22.1. The van der Waals surface area contributed by atoms with Crippen LogP contribution in [0.3, 0.4) is 0 Å². The fourth-order valence-electron chi connectivity index (χ4n) is 15.1. The smallest absolute Gasteiger partial charge is 0.323 e. The number of aromatic amines is 1. The Balaban J connectivity index is 0.000000158. The summed E-state index contributed by atoms with van der Waals surface area (Å²) >= 11 is 0. The molecular formula is C85H105N7O5. The first-order valence-corrected chi connectivity index (χ1v) is 36.4. The molecule has 12 heteroatoms. The van der Waals surface area contributed by atoms with Crippen molar-refractivity contribution in [2.24, 2.45) is 34.5 Å². The van der Waals surface area contributed by atoms with Gasteiger partial charge in [-0.1, -0.05) is 190 Å². The summed E-state index contributed by atoms with van der Waals surface area (Å²) in [7, 11) is 0. The Labute approximate surface area is 576 Å². The fourth-order valence-corrected chi connectivity index (χ4v) is 15.1. The van der Waals surface area contributed by atoms with Gasteiger partial charge in [0, 0.05) is 75.6 Å². The third kappa shape index (κ3) is 18.4. The average molecular weight is 1300 g/mol. The van der Waals surface area contributed by atoms with Crippen molar-refractivity contribution in [2.45, 2.75) is 209 Å². The summed E-state index contributed by atoms with van der Waals surface area (Å²) < 4.78 is 4.30. The topological polar surface area (TPSA) is 160 Å². The molecule has 0 saturated heterocycles. The summed E-state index contributed by atoms with van der Waals surface area (Å²) in [4.78, 5) is 74.0. The summed E-state index contributed by atoms with van der Waals surface area (Å²) in [6, 6.07) is 46.5. The lowest BCUT2D eigenvalue weighted by Crippen LogP contribution is -2.33. The Morgan fingerprint density at radius 2 is 0.969 bits per heavy atom. The molecule has 3 fully saturated rings. The van der Waals surface area contributed by atoms with E-state index in [-0.39, 0.29) is 40.3 Å². The van der Waals surface area contributed by atoms with E-state index in [2.05, 4.69) is 151 Å². The van der Waals surface area contributed by atoms with Gasteiger partial charge in [0.2, 0.25) is 5.78 Å². The highest BCUT2D eigenvalue weighted by Gasteiger charge is 2.39. The second-order valence-electron chi connectivity index (χ2n) is 29.3. The number of anilines is 2. The van der Waals surface area contributed by atoms with Crippen molar-refractivity contribution in [3.8, 4) is 33.5 Å². The van der Waals surface area contributed by atoms with E-state index in [1.807, 2.05) is 78.9 Å². The fraction of sp³-hybridized carbons (Fsp3) is 0.447. The number of carbonyl (C=O) groups excluding carboxylic acids is 5. The zero-order valence-electron chi connectivity index (χ0n) is 59.2. The second-order valence-corrected chi connectivity index (χ2v) is 29.3. The number of nitrogens with one attached hydrogen (secondary N) is 3. The van der Waals surface area contributed by atoms with Crippen LogP contribution >= 0.6 is 0 Å². The standard InChI is InChI=1S/C30H40N2O.C28H39N3O.C27H26N2O3/c1-5-6-7-8-9-28-21-32-20-26(16-19-29(32)31-28)25-12-10-23(11-13-25)24-14-17-27(18-15-24)30(3,4)22(2)33;1-5-6-7-8-9-25-18-31-19-26(30-27(31)29-25)23-12-10-21(11-13-23)22-14-16-24(17-15-22)28(3,4)20(2)32;1-18(30)24-8-5-9-25(24)26(31)21-12-10-19(11-13-21)20-14-16-23(17-15-20)29-27(32)28-22-6-3-2-4-7-22/h10-13,16,19-21,24,27H,5-9,14-15,17-18H2,1-4H3;10-13,18-19,22,24H,5-9,14-17H2,1-4H3,(H,29,30);2-4,6-7,10-17,24-25H,5,8-9H2,1H3,(H2,28,29,32)/t;;24-,25+/m..0/s1. The molecule has 0 unspecified atom stereocenters. The number of para-hydroxylation sites is 1. The molecule has 0 aliphatic heterocycles. The number of pyridine rings is 1. The number of H-pyrrole nitrogens is 1. The molecule has 5 aromatic carbocycles. The molecule has 0 radical (unpaired) electrons. The van der Waals surface area contributed by atoms with Crippen LogP contribution < -0.4 is 10.6 Å². The number of amides is 2. The Morgan fingerprint density at radius 3 is 1.51 bits per heavy atom. The predicted molar refractivity (Wildman–Crippen MR) is 396 cm³/mol. The number of aromatic nitrogens is 5. The maximum Gasteiger partial charge on any atom is 0.323 e. The number of benzene rings is 5. The van der Waals surface area contributed by atoms with E-state index in [1.54, 1.807) is 20.8 Å². The molecule has 4 aromatic heterocycles. The lowest BCUT2D eigenvalue weighted by Gasteiger charge is -2.38. The average Bonchev–Trinajstić information content (AvgIpc) is 1.74. The van der Waals surface area contributed by atoms with Gasteiger partial charge in [0.15, 0.2) is 5.78 Å². The maximum absolute atomic E-state index is 12.9. The van der Waals surface area contributed by atoms with E-state index < -0.39 is 0 Å². The van der Waals surface area contributed by atoms with Crippen LogP contribution in [0.2, 0.25) is 0 Å². The molecule has 97 heavy (non-hydrogen) atoms. The molecule has 2 atom stereocenters. The Kier molecular flexibility index (Phi) is 24.4. The van der Waals surface area contributed by atoms with Crippen molar-refractivity contribution in [3.05, 3.63) is 192 Å². The highest BCUT2D eigenvalue weighted by Crippen LogP contribution is 2.46. The van der Waals surface area contributed by atoms with Gasteiger partial charge in [-0.25, -0.2) is 14.8 Å². The van der Waals surface area contributed by atoms with Gasteiger partial charge in [0.1, 0.15) is 23.0 Å². The lowest BCUT2D eigenvalue weighted by molar-refractivity contribution is -0.129. The van der Waals surface area contributed by atoms with E-state index in [1.165, 1.54) is 116 Å². The number of nitrogens with zero attached hydrogens (tertiary/aromatic N) is 4. The second kappa shape index (κ2) is 33.2. The number of aryl methyl sites for hydroxylation is 2. The number of hydrogen-bond acceptors (Lipinski definition) is 7. The van der Waals surface area contributed by atoms with Crippen molar-refractivity contribution >= 4 is 52.0 Å². The number of fused-ring (bicyclic) bond motifs is 2. The highest BCUT2D eigenvalue weighted by atomic mass is 16.2. The van der Waals surface area contributed by atoms with Crippen molar-refractivity contribution < 1.29 is 24.0 Å². The highest BCUT2D eigenvalue weighted by molar-refractivity contribution is 6.01. The molecule has 0 bridgehead atoms. The number of hydrogen-bond donors (Lipinski definition) is 3. The number of carbonyl (C=O) groups is 5. The molecular weight excluding hydrogens is 1200 g/mol. The van der Waals surface area contributed by atoms with E-state index in [4.69, 9.17) is 9.97 Å². The minimum absolute atomic E-state index is 0.0678. The summed E-state index contributed by atoms with van der Waals surface area (Å²) in [5.41, 5.74) is 14.7. The molecule has 3 aliphatic carbocycles. The Bertz CT molecular complexity index is 4010. The van der Waals surface area contributed by atoms with Crippen LogP contribution in [0.15, 0.2) is 164 Å². The molecule has 3 aliphatic rings. The van der Waals surface area contributed by atoms with Gasteiger partial charge >= 0.3 is 6.03 Å². The maximum atomic E-state index is 12.9. The first-order chi connectivity index (χ1) is 46.8. The number of ketones is 4. The van der Waals surface area contributed by atoms with Gasteiger partial charge < -0.3 is 20.0 Å². The first kappa shape index (κ1) is 71.3. The van der Waals surface area contributed by atoms with Gasteiger partial charge in [-0.05, 0) is 204 Å². The zero-order valence-corrected chi connectivity index (χ0v) is 59.2. The Hall–Kier alpha value is -8.51. The molecule has 12 rings (SSSR count). The minimum Gasteiger partial charge on any atom is -0.328 e. The van der Waals surface area contributed by atoms with E-state index in [9.17, 15) is 24.0 Å². The van der Waals surface area contributed by atoms with Crippen LogP contribution in [-0.2, 0) is 27.2 Å². The van der Waals surface area contributed by atoms with Gasteiger partial charge in [0.05, 0.1) is 11.4 Å². The number of urea groups is 1. The number of unbranched alkanes of at least 4 members (excludes halogenated alkanes) is 6. The van der Waals surface area contributed by atoms with Crippen LogP contribution in [0.4, 0.5) is 16.2 Å². The summed E-state index contributed by atoms with van der Waals surface area (Å²) in [6.07, 6.45) is 32.9. The molecule has 2 amide bonds. The van der Waals surface area contributed by atoms with Crippen LogP contribution in [0.25, 0.3) is 44.9 Å². The number of Topliss-reactive ketones (excluding diaryl/α,β-unsaturated/α-hetero) is 4. The third-order valence-electron chi connectivity index (χ3n) is 22.1. The van der Waals surface area contributed by atoms with Crippen LogP contribution in [0.1, 0.15) is 229 Å². The van der Waals surface area contributed by atoms with Gasteiger partial charge in [0.25, 0.3) is 0 Å². The van der Waals surface area contributed by atoms with E-state index in [0.717, 1.165) is 91.7 Å². The van der Waals surface area contributed by atoms with Crippen LogP contribution in [0, 0.1) is 34.5 Å². The lowest BCUT2D eigenvalue weighted by atomic mass is 9.66. The predicted octanol–water partition coefficient (Wildman–Crippen LogP) is 21.5. The normalized spacial score (nSPS) is 18.7. The number of imidazole rings is 3. The SMILES string of the molecule is CC(=O)[C@@H]1CCC[C@H]1C(=O)c1ccc(-c2ccc(NC(=O)Nc3ccccc3)cc2)cc1.CCCCCCc1cn2cc(-c3ccc(C4CCC(C(C)(C)C(C)=O)CC4)cc3)ccc2n1.CCCCCCc1cn2cc(-c3ccc(C4CCC(C(C)(C)C(C)=O)CC4)cc3)nc2[nH]1.